The van der Waals surface area contributed by atoms with Crippen molar-refractivity contribution in [3.63, 3.8) is 0 Å². The van der Waals surface area contributed by atoms with Crippen LogP contribution < -0.4 is 5.32 Å². The second kappa shape index (κ2) is 5.80. The number of phenols is 1. The molecule has 1 rings (SSSR count). The number of rotatable bonds is 4. The van der Waals surface area contributed by atoms with Gasteiger partial charge in [-0.25, -0.2) is 4.39 Å². The molecule has 1 aromatic carbocycles. The van der Waals surface area contributed by atoms with Gasteiger partial charge in [-0.1, -0.05) is 22.5 Å². The Kier molecular flexibility index (Phi) is 4.95. The Bertz CT molecular complexity index is 409. The molecule has 1 atom stereocenters. The van der Waals surface area contributed by atoms with E-state index >= 15 is 0 Å². The van der Waals surface area contributed by atoms with Gasteiger partial charge in [-0.2, -0.15) is 0 Å². The van der Waals surface area contributed by atoms with Crippen molar-refractivity contribution < 1.29 is 9.50 Å². The van der Waals surface area contributed by atoms with Crippen molar-refractivity contribution in [2.45, 2.75) is 13.0 Å². The predicted molar refractivity (Wildman–Crippen MR) is 70.2 cm³/mol. The summed E-state index contributed by atoms with van der Waals surface area (Å²) in [6.07, 6.45) is 0. The Morgan fingerprint density at radius 1 is 1.62 bits per heavy atom. The minimum Gasteiger partial charge on any atom is -0.508 e. The van der Waals surface area contributed by atoms with Gasteiger partial charge in [0.2, 0.25) is 0 Å². The maximum Gasteiger partial charge on any atom is 0.141 e. The van der Waals surface area contributed by atoms with Gasteiger partial charge < -0.3 is 10.4 Å². The molecule has 5 heteroatoms. The van der Waals surface area contributed by atoms with Crippen LogP contribution in [0.25, 0.3) is 0 Å². The first-order valence-corrected chi connectivity index (χ1v) is 6.25. The smallest absolute Gasteiger partial charge is 0.141 e. The van der Waals surface area contributed by atoms with E-state index in [9.17, 15) is 9.50 Å². The van der Waals surface area contributed by atoms with E-state index in [0.29, 0.717) is 16.6 Å². The first-order chi connectivity index (χ1) is 7.41. The van der Waals surface area contributed by atoms with Crippen molar-refractivity contribution in [1.29, 1.82) is 0 Å². The summed E-state index contributed by atoms with van der Waals surface area (Å²) in [6, 6.07) is 2.58. The quantitative estimate of drug-likeness (QED) is 0.862. The van der Waals surface area contributed by atoms with Crippen molar-refractivity contribution >= 4 is 31.9 Å². The maximum atomic E-state index is 13.1. The van der Waals surface area contributed by atoms with Crippen LogP contribution >= 0.6 is 31.9 Å². The number of nitrogens with one attached hydrogen (secondary N) is 1. The van der Waals surface area contributed by atoms with Gasteiger partial charge in [0, 0.05) is 28.7 Å². The Morgan fingerprint density at radius 2 is 2.25 bits per heavy atom. The summed E-state index contributed by atoms with van der Waals surface area (Å²) < 4.78 is 14.2. The molecular weight excluding hydrogens is 341 g/mol. The van der Waals surface area contributed by atoms with E-state index in [0.717, 1.165) is 10.5 Å². The fourth-order valence-corrected chi connectivity index (χ4v) is 1.80. The second-order valence-electron chi connectivity index (χ2n) is 3.44. The van der Waals surface area contributed by atoms with Gasteiger partial charge >= 0.3 is 0 Å². The predicted octanol–water partition coefficient (Wildman–Crippen LogP) is 3.85. The van der Waals surface area contributed by atoms with Crippen molar-refractivity contribution in [2.75, 3.05) is 6.54 Å². The van der Waals surface area contributed by atoms with Crippen LogP contribution in [0.3, 0.4) is 0 Å². The Morgan fingerprint density at radius 3 is 2.81 bits per heavy atom. The third kappa shape index (κ3) is 3.57. The molecule has 0 saturated heterocycles. The molecule has 0 aliphatic carbocycles. The third-order valence-corrected chi connectivity index (χ3v) is 3.02. The summed E-state index contributed by atoms with van der Waals surface area (Å²) in [6.45, 7) is 6.16. The van der Waals surface area contributed by atoms with Crippen LogP contribution in [0.5, 0.6) is 5.75 Å². The molecule has 0 bridgehead atoms. The number of benzene rings is 1. The Hall–Kier alpha value is -0.390. The Labute approximate surface area is 111 Å². The standard InChI is InChI=1S/C11H12Br2FNO/c1-6(12)5-15-7(2)8-3-9(13)10(14)4-11(8)16/h3-4,7,15-16H,1,5H2,2H3. The largest absolute Gasteiger partial charge is 0.508 e. The van der Waals surface area contributed by atoms with E-state index in [4.69, 9.17) is 0 Å². The monoisotopic (exact) mass is 351 g/mol. The fraction of sp³-hybridized carbons (Fsp3) is 0.273. The molecule has 1 unspecified atom stereocenters. The minimum atomic E-state index is -0.474. The van der Waals surface area contributed by atoms with E-state index in [1.165, 1.54) is 0 Å². The first kappa shape index (κ1) is 13.7. The summed E-state index contributed by atoms with van der Waals surface area (Å²) >= 11 is 6.32. The van der Waals surface area contributed by atoms with Crippen molar-refractivity contribution in [2.24, 2.45) is 0 Å². The molecule has 0 aromatic heterocycles. The molecule has 0 amide bonds. The lowest BCUT2D eigenvalue weighted by atomic mass is 10.1. The van der Waals surface area contributed by atoms with Crippen LogP contribution in [-0.2, 0) is 0 Å². The maximum absolute atomic E-state index is 13.1. The highest BCUT2D eigenvalue weighted by molar-refractivity contribution is 9.11. The zero-order valence-corrected chi connectivity index (χ0v) is 11.9. The lowest BCUT2D eigenvalue weighted by molar-refractivity contribution is 0.449. The fourth-order valence-electron chi connectivity index (χ4n) is 1.27. The van der Waals surface area contributed by atoms with E-state index in [1.54, 1.807) is 6.07 Å². The molecule has 2 nitrogen and oxygen atoms in total. The number of hydrogen-bond acceptors (Lipinski definition) is 2. The first-order valence-electron chi connectivity index (χ1n) is 4.66. The van der Waals surface area contributed by atoms with E-state index in [1.807, 2.05) is 6.92 Å². The average molecular weight is 353 g/mol. The molecule has 2 N–H and O–H groups in total. The van der Waals surface area contributed by atoms with Crippen LogP contribution in [0.4, 0.5) is 4.39 Å². The van der Waals surface area contributed by atoms with Gasteiger partial charge in [-0.3, -0.25) is 0 Å². The highest BCUT2D eigenvalue weighted by Gasteiger charge is 2.13. The van der Waals surface area contributed by atoms with Gasteiger partial charge in [0.05, 0.1) is 4.47 Å². The normalized spacial score (nSPS) is 12.5. The van der Waals surface area contributed by atoms with E-state index in [-0.39, 0.29) is 11.8 Å². The lowest BCUT2D eigenvalue weighted by Gasteiger charge is -2.15. The van der Waals surface area contributed by atoms with Gasteiger partial charge in [0.1, 0.15) is 11.6 Å². The number of halogens is 3. The van der Waals surface area contributed by atoms with Gasteiger partial charge in [-0.05, 0) is 28.9 Å². The Balaban J connectivity index is 2.86. The summed E-state index contributed by atoms with van der Waals surface area (Å²) in [5.74, 6) is -0.528. The summed E-state index contributed by atoms with van der Waals surface area (Å²) in [4.78, 5) is 0. The zero-order valence-electron chi connectivity index (χ0n) is 8.73. The summed E-state index contributed by atoms with van der Waals surface area (Å²) in [7, 11) is 0. The van der Waals surface area contributed by atoms with Gasteiger partial charge in [0.15, 0.2) is 0 Å². The number of phenolic OH excluding ortho intramolecular Hbond substituents is 1. The van der Waals surface area contributed by atoms with Gasteiger partial charge in [0.25, 0.3) is 0 Å². The SMILES string of the molecule is C=C(Br)CNC(C)c1cc(Br)c(F)cc1O. The molecule has 16 heavy (non-hydrogen) atoms. The van der Waals surface area contributed by atoms with E-state index in [2.05, 4.69) is 43.8 Å². The molecule has 88 valence electrons. The third-order valence-electron chi connectivity index (χ3n) is 2.14. The minimum absolute atomic E-state index is 0.0547. The van der Waals surface area contributed by atoms with Crippen molar-refractivity contribution in [3.8, 4) is 5.75 Å². The van der Waals surface area contributed by atoms with Gasteiger partial charge in [-0.15, -0.1) is 0 Å². The van der Waals surface area contributed by atoms with Crippen LogP contribution in [0.15, 0.2) is 27.7 Å². The van der Waals surface area contributed by atoms with Crippen molar-refractivity contribution in [1.82, 2.24) is 5.32 Å². The summed E-state index contributed by atoms with van der Waals surface area (Å²) in [5.41, 5.74) is 0.641. The van der Waals surface area contributed by atoms with Crippen LogP contribution in [0.2, 0.25) is 0 Å². The van der Waals surface area contributed by atoms with Crippen LogP contribution in [0.1, 0.15) is 18.5 Å². The molecule has 0 fully saturated rings. The molecular formula is C11H12Br2FNO. The van der Waals surface area contributed by atoms with Crippen molar-refractivity contribution in [3.05, 3.63) is 39.0 Å². The second-order valence-corrected chi connectivity index (χ2v) is 5.42. The molecule has 0 spiro atoms. The molecule has 0 radical (unpaired) electrons. The van der Waals surface area contributed by atoms with E-state index < -0.39 is 5.82 Å². The zero-order chi connectivity index (χ0) is 12.3. The number of aromatic hydroxyl groups is 1. The molecule has 0 heterocycles. The lowest BCUT2D eigenvalue weighted by Crippen LogP contribution is -2.19. The summed E-state index contributed by atoms with van der Waals surface area (Å²) in [5, 5.41) is 12.8. The molecule has 0 aliphatic rings. The molecule has 0 saturated carbocycles. The molecule has 1 aromatic rings. The molecule has 0 aliphatic heterocycles. The average Bonchev–Trinajstić information content (AvgIpc) is 2.20. The highest BCUT2D eigenvalue weighted by Crippen LogP contribution is 2.29. The highest BCUT2D eigenvalue weighted by atomic mass is 79.9. The topological polar surface area (TPSA) is 32.3 Å². The number of hydrogen-bond donors (Lipinski definition) is 2. The van der Waals surface area contributed by atoms with Crippen LogP contribution in [0, 0.1) is 5.82 Å². The van der Waals surface area contributed by atoms with Crippen LogP contribution in [-0.4, -0.2) is 11.7 Å².